The number of carbonyl (C=O) groups excluding carboxylic acids is 2. The van der Waals surface area contributed by atoms with E-state index >= 15 is 0 Å². The van der Waals surface area contributed by atoms with E-state index in [0.717, 1.165) is 30.4 Å². The van der Waals surface area contributed by atoms with E-state index in [0.29, 0.717) is 17.6 Å². The maximum absolute atomic E-state index is 12.9. The van der Waals surface area contributed by atoms with Crippen LogP contribution in [0.1, 0.15) is 62.2 Å². The second kappa shape index (κ2) is 7.87. The van der Waals surface area contributed by atoms with Gasteiger partial charge in [-0.15, -0.1) is 0 Å². The molecule has 30 heavy (non-hydrogen) atoms. The molecule has 164 valence electrons. The van der Waals surface area contributed by atoms with Crippen molar-refractivity contribution >= 4 is 33.2 Å². The number of sulfonamides is 1. The predicted molar refractivity (Wildman–Crippen MR) is 117 cm³/mol. The van der Waals surface area contributed by atoms with Crippen LogP contribution in [-0.4, -0.2) is 33.0 Å². The molecule has 2 amide bonds. The van der Waals surface area contributed by atoms with Crippen molar-refractivity contribution in [1.29, 1.82) is 0 Å². The summed E-state index contributed by atoms with van der Waals surface area (Å²) in [7, 11) is -3.54. The molecule has 0 radical (unpaired) electrons. The molecular weight excluding hydrogens is 402 g/mol. The number of benzene rings is 1. The third-order valence-electron chi connectivity index (χ3n) is 6.99. The molecule has 0 aliphatic heterocycles. The summed E-state index contributed by atoms with van der Waals surface area (Å²) in [6.45, 7) is 1.96. The van der Waals surface area contributed by atoms with Gasteiger partial charge in [0.1, 0.15) is 0 Å². The summed E-state index contributed by atoms with van der Waals surface area (Å²) < 4.78 is 25.8. The van der Waals surface area contributed by atoms with E-state index in [-0.39, 0.29) is 23.1 Å². The third kappa shape index (κ3) is 4.79. The van der Waals surface area contributed by atoms with E-state index in [9.17, 15) is 18.0 Å². The molecule has 4 bridgehead atoms. The number of amides is 2. The summed E-state index contributed by atoms with van der Waals surface area (Å²) in [6, 6.07) is 4.58. The van der Waals surface area contributed by atoms with Gasteiger partial charge in [0.2, 0.25) is 15.9 Å². The summed E-state index contributed by atoms with van der Waals surface area (Å²) in [6.07, 6.45) is 10.0. The molecule has 1 aromatic rings. The van der Waals surface area contributed by atoms with E-state index in [1.807, 2.05) is 0 Å². The highest BCUT2D eigenvalue weighted by atomic mass is 32.2. The predicted octanol–water partition coefficient (Wildman–Crippen LogP) is 3.35. The van der Waals surface area contributed by atoms with Gasteiger partial charge in [0.15, 0.2) is 0 Å². The molecule has 4 saturated carbocycles. The van der Waals surface area contributed by atoms with Crippen LogP contribution in [0.4, 0.5) is 11.4 Å². The van der Waals surface area contributed by atoms with Gasteiger partial charge in [0.05, 0.1) is 17.5 Å². The van der Waals surface area contributed by atoms with Crippen LogP contribution in [0.5, 0.6) is 0 Å². The Labute approximate surface area is 178 Å². The third-order valence-corrected chi connectivity index (χ3v) is 7.58. The van der Waals surface area contributed by atoms with Crippen LogP contribution >= 0.6 is 0 Å². The zero-order chi connectivity index (χ0) is 21.5. The normalized spacial score (nSPS) is 29.5. The van der Waals surface area contributed by atoms with Crippen LogP contribution in [0.15, 0.2) is 18.2 Å². The van der Waals surface area contributed by atoms with Gasteiger partial charge < -0.3 is 10.6 Å². The van der Waals surface area contributed by atoms with Gasteiger partial charge >= 0.3 is 0 Å². The Balaban J connectivity index is 1.44. The minimum atomic E-state index is -3.54. The molecule has 0 aromatic heterocycles. The van der Waals surface area contributed by atoms with Gasteiger partial charge in [-0.05, 0) is 86.3 Å². The molecule has 0 saturated heterocycles. The zero-order valence-electron chi connectivity index (χ0n) is 17.7. The Morgan fingerprint density at radius 1 is 1.07 bits per heavy atom. The standard InChI is InChI=1S/C22H31N3O4S/c1-14(26)24-18-3-4-20(25-30(2,28)29)19(10-18)21(27)23-6-5-22-11-15-7-16(12-22)9-17(8-15)13-22/h3-4,10,15-17,25H,5-9,11-13H2,1-2H3,(H,23,27)(H,24,26). The minimum absolute atomic E-state index is 0.206. The number of rotatable bonds is 7. The highest BCUT2D eigenvalue weighted by Gasteiger charge is 2.50. The van der Waals surface area contributed by atoms with E-state index in [2.05, 4.69) is 15.4 Å². The second-order valence-corrected chi connectivity index (χ2v) is 11.5. The number of hydrogen-bond acceptors (Lipinski definition) is 4. The Bertz CT molecular complexity index is 922. The number of carbonyl (C=O) groups is 2. The summed E-state index contributed by atoms with van der Waals surface area (Å²) in [5.74, 6) is 2.01. The van der Waals surface area contributed by atoms with Crippen molar-refractivity contribution in [2.24, 2.45) is 23.2 Å². The van der Waals surface area contributed by atoms with E-state index in [4.69, 9.17) is 0 Å². The molecule has 4 fully saturated rings. The van der Waals surface area contributed by atoms with Crippen LogP contribution < -0.4 is 15.4 Å². The Kier molecular flexibility index (Phi) is 5.55. The van der Waals surface area contributed by atoms with Crippen molar-refractivity contribution in [3.63, 3.8) is 0 Å². The molecule has 0 unspecified atom stereocenters. The van der Waals surface area contributed by atoms with Crippen LogP contribution in [0.2, 0.25) is 0 Å². The summed E-state index contributed by atoms with van der Waals surface area (Å²) in [5.41, 5.74) is 1.23. The fourth-order valence-corrected chi connectivity index (χ4v) is 7.01. The molecule has 8 heteroatoms. The van der Waals surface area contributed by atoms with E-state index in [1.54, 1.807) is 6.07 Å². The van der Waals surface area contributed by atoms with Gasteiger partial charge in [-0.25, -0.2) is 8.42 Å². The lowest BCUT2D eigenvalue weighted by Crippen LogP contribution is -2.47. The maximum Gasteiger partial charge on any atom is 0.253 e. The van der Waals surface area contributed by atoms with Gasteiger partial charge in [-0.1, -0.05) is 0 Å². The van der Waals surface area contributed by atoms with E-state index < -0.39 is 10.0 Å². The summed E-state index contributed by atoms with van der Waals surface area (Å²) in [5, 5.41) is 5.63. The van der Waals surface area contributed by atoms with E-state index in [1.165, 1.54) is 57.6 Å². The van der Waals surface area contributed by atoms with Crippen molar-refractivity contribution in [3.05, 3.63) is 23.8 Å². The van der Waals surface area contributed by atoms with Crippen LogP contribution in [0.3, 0.4) is 0 Å². The molecular formula is C22H31N3O4S. The lowest BCUT2D eigenvalue weighted by atomic mass is 9.49. The van der Waals surface area contributed by atoms with Gasteiger partial charge in [0, 0.05) is 19.2 Å². The molecule has 4 aliphatic rings. The largest absolute Gasteiger partial charge is 0.352 e. The second-order valence-electron chi connectivity index (χ2n) is 9.74. The number of nitrogens with one attached hydrogen (secondary N) is 3. The molecule has 3 N–H and O–H groups in total. The van der Waals surface area contributed by atoms with Crippen molar-refractivity contribution in [3.8, 4) is 0 Å². The summed E-state index contributed by atoms with van der Waals surface area (Å²) in [4.78, 5) is 24.3. The zero-order valence-corrected chi connectivity index (χ0v) is 18.5. The Morgan fingerprint density at radius 3 is 2.20 bits per heavy atom. The first kappa shape index (κ1) is 21.2. The molecule has 5 rings (SSSR count). The first-order valence-corrected chi connectivity index (χ1v) is 12.7. The fraction of sp³-hybridized carbons (Fsp3) is 0.636. The van der Waals surface area contributed by atoms with Crippen LogP contribution in [-0.2, 0) is 14.8 Å². The lowest BCUT2D eigenvalue weighted by molar-refractivity contribution is -0.114. The summed E-state index contributed by atoms with van der Waals surface area (Å²) >= 11 is 0. The van der Waals surface area contributed by atoms with Crippen molar-refractivity contribution in [2.75, 3.05) is 22.8 Å². The molecule has 0 atom stereocenters. The highest BCUT2D eigenvalue weighted by molar-refractivity contribution is 7.92. The van der Waals surface area contributed by atoms with Crippen LogP contribution in [0, 0.1) is 23.2 Å². The quantitative estimate of drug-likeness (QED) is 0.613. The molecule has 4 aliphatic carbocycles. The number of anilines is 2. The first-order chi connectivity index (χ1) is 14.1. The Hall–Kier alpha value is -2.09. The average Bonchev–Trinajstić information content (AvgIpc) is 2.60. The van der Waals surface area contributed by atoms with Crippen molar-refractivity contribution < 1.29 is 18.0 Å². The van der Waals surface area contributed by atoms with Crippen LogP contribution in [0.25, 0.3) is 0 Å². The molecule has 0 heterocycles. The van der Waals surface area contributed by atoms with Gasteiger partial charge in [-0.3, -0.25) is 14.3 Å². The SMILES string of the molecule is CC(=O)Nc1ccc(NS(C)(=O)=O)c(C(=O)NCCC23CC4CC(CC(C4)C2)C3)c1. The average molecular weight is 434 g/mol. The van der Waals surface area contributed by atoms with Gasteiger partial charge in [0.25, 0.3) is 5.91 Å². The molecule has 0 spiro atoms. The fourth-order valence-electron chi connectivity index (χ4n) is 6.43. The van der Waals surface area contributed by atoms with Crippen molar-refractivity contribution in [1.82, 2.24) is 5.32 Å². The van der Waals surface area contributed by atoms with Gasteiger partial charge in [-0.2, -0.15) is 0 Å². The monoisotopic (exact) mass is 433 g/mol. The smallest absolute Gasteiger partial charge is 0.253 e. The maximum atomic E-state index is 12.9. The highest BCUT2D eigenvalue weighted by Crippen LogP contribution is 2.61. The molecule has 7 nitrogen and oxygen atoms in total. The molecule has 1 aromatic carbocycles. The van der Waals surface area contributed by atoms with Crippen molar-refractivity contribution in [2.45, 2.75) is 51.9 Å². The lowest BCUT2D eigenvalue weighted by Gasteiger charge is -2.57. The minimum Gasteiger partial charge on any atom is -0.352 e. The number of hydrogen-bond donors (Lipinski definition) is 3. The first-order valence-electron chi connectivity index (χ1n) is 10.8. The Morgan fingerprint density at radius 2 is 1.67 bits per heavy atom. The topological polar surface area (TPSA) is 104 Å².